The molecular weight excluding hydrogens is 308 g/mol. The molecular formula is C14H15BrN2O2. The van der Waals surface area contributed by atoms with Crippen LogP contribution in [0.1, 0.15) is 40.5 Å². The lowest BCUT2D eigenvalue weighted by molar-refractivity contribution is 0.0933. The number of amides is 1. The second-order valence-corrected chi connectivity index (χ2v) is 5.34. The highest BCUT2D eigenvalue weighted by molar-refractivity contribution is 9.10. The molecule has 1 unspecified atom stereocenters. The van der Waals surface area contributed by atoms with E-state index in [4.69, 9.17) is 4.42 Å². The first-order valence-corrected chi connectivity index (χ1v) is 6.76. The van der Waals surface area contributed by atoms with Crippen LogP contribution in [-0.4, -0.2) is 10.9 Å². The summed E-state index contributed by atoms with van der Waals surface area (Å²) < 4.78 is 6.17. The van der Waals surface area contributed by atoms with Gasteiger partial charge in [0.05, 0.1) is 11.8 Å². The lowest BCUT2D eigenvalue weighted by Crippen LogP contribution is -2.27. The number of halogens is 1. The second-order valence-electron chi connectivity index (χ2n) is 4.49. The Bertz CT molecular complexity index is 607. The quantitative estimate of drug-likeness (QED) is 0.940. The van der Waals surface area contributed by atoms with Gasteiger partial charge < -0.3 is 9.73 Å². The highest BCUT2D eigenvalue weighted by Gasteiger charge is 2.17. The molecule has 0 radical (unpaired) electrons. The van der Waals surface area contributed by atoms with Crippen LogP contribution in [0.15, 0.2) is 33.3 Å². The molecule has 2 rings (SSSR count). The van der Waals surface area contributed by atoms with Gasteiger partial charge in [0.2, 0.25) is 5.89 Å². The minimum absolute atomic E-state index is 0.154. The molecule has 4 nitrogen and oxygen atoms in total. The third-order valence-corrected chi connectivity index (χ3v) is 3.42. The van der Waals surface area contributed by atoms with E-state index in [0.29, 0.717) is 11.5 Å². The van der Waals surface area contributed by atoms with E-state index in [2.05, 4.69) is 26.2 Å². The molecule has 0 saturated heterocycles. The molecule has 0 spiro atoms. The topological polar surface area (TPSA) is 55.1 Å². The Kier molecular flexibility index (Phi) is 4.04. The number of carbonyl (C=O) groups is 1. The molecule has 100 valence electrons. The molecule has 2 aromatic rings. The van der Waals surface area contributed by atoms with E-state index in [1.807, 2.05) is 39.0 Å². The van der Waals surface area contributed by atoms with Crippen molar-refractivity contribution in [3.05, 3.63) is 51.6 Å². The zero-order valence-electron chi connectivity index (χ0n) is 11.0. The maximum atomic E-state index is 12.2. The molecule has 0 bridgehead atoms. The van der Waals surface area contributed by atoms with Gasteiger partial charge in [-0.3, -0.25) is 4.79 Å². The number of nitrogens with one attached hydrogen (secondary N) is 1. The fourth-order valence-electron chi connectivity index (χ4n) is 1.72. The lowest BCUT2D eigenvalue weighted by atomic mass is 10.1. The Morgan fingerprint density at radius 2 is 2.16 bits per heavy atom. The number of benzene rings is 1. The smallest absolute Gasteiger partial charge is 0.253 e. The van der Waals surface area contributed by atoms with Gasteiger partial charge in [0, 0.05) is 4.47 Å². The predicted octanol–water partition coefficient (Wildman–Crippen LogP) is 3.54. The maximum Gasteiger partial charge on any atom is 0.253 e. The summed E-state index contributed by atoms with van der Waals surface area (Å²) in [5.74, 6) is 1.08. The van der Waals surface area contributed by atoms with Crippen molar-refractivity contribution < 1.29 is 9.21 Å². The molecule has 0 saturated carbocycles. The largest absolute Gasteiger partial charge is 0.444 e. The Labute approximate surface area is 120 Å². The van der Waals surface area contributed by atoms with E-state index in [1.54, 1.807) is 6.20 Å². The number of aromatic nitrogens is 1. The highest BCUT2D eigenvalue weighted by atomic mass is 79.9. The number of aryl methyl sites for hydroxylation is 2. The normalized spacial score (nSPS) is 12.2. The van der Waals surface area contributed by atoms with Crippen molar-refractivity contribution in [1.82, 2.24) is 10.3 Å². The number of nitrogens with zero attached hydrogens (tertiary/aromatic N) is 1. The highest BCUT2D eigenvalue weighted by Crippen LogP contribution is 2.19. The molecule has 0 aliphatic heterocycles. The van der Waals surface area contributed by atoms with Crippen LogP contribution < -0.4 is 5.32 Å². The summed E-state index contributed by atoms with van der Waals surface area (Å²) in [5, 5.41) is 2.87. The number of oxazole rings is 1. The zero-order valence-corrected chi connectivity index (χ0v) is 12.6. The molecule has 1 aromatic heterocycles. The Balaban J connectivity index is 2.15. The third-order valence-electron chi connectivity index (χ3n) is 2.72. The van der Waals surface area contributed by atoms with Crippen molar-refractivity contribution >= 4 is 21.8 Å². The van der Waals surface area contributed by atoms with Gasteiger partial charge in [0.1, 0.15) is 11.8 Å². The molecule has 0 aliphatic carbocycles. The van der Waals surface area contributed by atoms with Crippen LogP contribution >= 0.6 is 15.9 Å². The Hall–Kier alpha value is -1.62. The van der Waals surface area contributed by atoms with Crippen LogP contribution in [0.25, 0.3) is 0 Å². The SMILES string of the molecule is Cc1ccc(Br)c(C(=O)NC(C)c2ncc(C)o2)c1. The molecule has 1 aromatic carbocycles. The van der Waals surface area contributed by atoms with Crippen LogP contribution in [-0.2, 0) is 0 Å². The molecule has 1 heterocycles. The van der Waals surface area contributed by atoms with Gasteiger partial charge in [-0.15, -0.1) is 0 Å². The minimum Gasteiger partial charge on any atom is -0.444 e. The summed E-state index contributed by atoms with van der Waals surface area (Å²) in [6, 6.07) is 5.38. The summed E-state index contributed by atoms with van der Waals surface area (Å²) in [6.07, 6.45) is 1.64. The van der Waals surface area contributed by atoms with Gasteiger partial charge >= 0.3 is 0 Å². The van der Waals surface area contributed by atoms with Gasteiger partial charge in [0.25, 0.3) is 5.91 Å². The van der Waals surface area contributed by atoms with Crippen LogP contribution in [0.4, 0.5) is 0 Å². The minimum atomic E-state index is -0.270. The lowest BCUT2D eigenvalue weighted by Gasteiger charge is -2.12. The molecule has 0 fully saturated rings. The molecule has 19 heavy (non-hydrogen) atoms. The summed E-state index contributed by atoms with van der Waals surface area (Å²) in [4.78, 5) is 16.3. The average Bonchev–Trinajstić information content (AvgIpc) is 2.79. The van der Waals surface area contributed by atoms with E-state index in [1.165, 1.54) is 0 Å². The van der Waals surface area contributed by atoms with Gasteiger partial charge in [-0.25, -0.2) is 4.98 Å². The zero-order chi connectivity index (χ0) is 14.0. The van der Waals surface area contributed by atoms with E-state index in [0.717, 1.165) is 15.8 Å². The molecule has 1 N–H and O–H groups in total. The van der Waals surface area contributed by atoms with E-state index in [9.17, 15) is 4.79 Å². The average molecular weight is 323 g/mol. The number of carbonyl (C=O) groups excluding carboxylic acids is 1. The van der Waals surface area contributed by atoms with Crippen molar-refractivity contribution in [1.29, 1.82) is 0 Å². The standard InChI is InChI=1S/C14H15BrN2O2/c1-8-4-5-12(15)11(6-8)13(18)17-10(3)14-16-7-9(2)19-14/h4-7,10H,1-3H3,(H,17,18). The summed E-state index contributed by atoms with van der Waals surface area (Å²) in [5.41, 5.74) is 1.64. The predicted molar refractivity (Wildman–Crippen MR) is 76.0 cm³/mol. The first-order chi connectivity index (χ1) is 8.97. The summed E-state index contributed by atoms with van der Waals surface area (Å²) in [6.45, 7) is 5.61. The number of hydrogen-bond donors (Lipinski definition) is 1. The first kappa shape index (κ1) is 13.8. The molecule has 1 atom stereocenters. The van der Waals surface area contributed by atoms with E-state index >= 15 is 0 Å². The maximum absolute atomic E-state index is 12.2. The Morgan fingerprint density at radius 1 is 1.42 bits per heavy atom. The van der Waals surface area contributed by atoms with E-state index < -0.39 is 0 Å². The molecule has 0 aliphatic rings. The molecule has 5 heteroatoms. The van der Waals surface area contributed by atoms with Crippen LogP contribution in [0, 0.1) is 13.8 Å². The fourth-order valence-corrected chi connectivity index (χ4v) is 2.15. The van der Waals surface area contributed by atoms with Crippen molar-refractivity contribution in [3.63, 3.8) is 0 Å². The second kappa shape index (κ2) is 5.57. The van der Waals surface area contributed by atoms with Crippen LogP contribution in [0.3, 0.4) is 0 Å². The van der Waals surface area contributed by atoms with Crippen LogP contribution in [0.5, 0.6) is 0 Å². The summed E-state index contributed by atoms with van der Waals surface area (Å²) >= 11 is 3.38. The van der Waals surface area contributed by atoms with Gasteiger partial charge in [-0.1, -0.05) is 11.6 Å². The van der Waals surface area contributed by atoms with Crippen molar-refractivity contribution in [2.45, 2.75) is 26.8 Å². The molecule has 1 amide bonds. The first-order valence-electron chi connectivity index (χ1n) is 5.96. The van der Waals surface area contributed by atoms with Crippen LogP contribution in [0.2, 0.25) is 0 Å². The van der Waals surface area contributed by atoms with Gasteiger partial charge in [-0.05, 0) is 48.8 Å². The Morgan fingerprint density at radius 3 is 2.79 bits per heavy atom. The number of hydrogen-bond acceptors (Lipinski definition) is 3. The third kappa shape index (κ3) is 3.23. The van der Waals surface area contributed by atoms with Gasteiger partial charge in [0.15, 0.2) is 0 Å². The fraction of sp³-hybridized carbons (Fsp3) is 0.286. The van der Waals surface area contributed by atoms with Crippen molar-refractivity contribution in [3.8, 4) is 0 Å². The monoisotopic (exact) mass is 322 g/mol. The van der Waals surface area contributed by atoms with Crippen molar-refractivity contribution in [2.24, 2.45) is 0 Å². The van der Waals surface area contributed by atoms with Crippen molar-refractivity contribution in [2.75, 3.05) is 0 Å². The number of rotatable bonds is 3. The summed E-state index contributed by atoms with van der Waals surface area (Å²) in [7, 11) is 0. The van der Waals surface area contributed by atoms with Gasteiger partial charge in [-0.2, -0.15) is 0 Å². The van der Waals surface area contributed by atoms with E-state index in [-0.39, 0.29) is 11.9 Å².